The molecule has 0 fully saturated rings. The lowest BCUT2D eigenvalue weighted by Crippen LogP contribution is -1.98. The van der Waals surface area contributed by atoms with Crippen LogP contribution in [0.3, 0.4) is 0 Å². The van der Waals surface area contributed by atoms with Gasteiger partial charge in [-0.15, -0.1) is 0 Å². The van der Waals surface area contributed by atoms with E-state index in [2.05, 4.69) is 158 Å². The van der Waals surface area contributed by atoms with Crippen molar-refractivity contribution in [3.05, 3.63) is 193 Å². The molecule has 0 bridgehead atoms. The third kappa shape index (κ3) is 4.51. The SMILES string of the molecule is [C-]#[N+]c1ccc2c(c1)c1ccccc1n2-c1ccc(C#N)c(-c2cccc(-n3c4ccccc4c4cc(-n5c6ccccc6c6ccccc65)ccc43)c2)c1. The second-order valence-electron chi connectivity index (χ2n) is 14.0. The normalized spacial score (nSPS) is 11.6. The Morgan fingerprint density at radius 3 is 1.42 bits per heavy atom. The molecule has 0 unspecified atom stereocenters. The van der Waals surface area contributed by atoms with Crippen LogP contribution in [0.2, 0.25) is 0 Å². The van der Waals surface area contributed by atoms with Crippen molar-refractivity contribution in [3.63, 3.8) is 0 Å². The molecule has 0 amide bonds. The van der Waals surface area contributed by atoms with E-state index in [1.165, 1.54) is 32.6 Å². The van der Waals surface area contributed by atoms with E-state index in [4.69, 9.17) is 6.57 Å². The van der Waals surface area contributed by atoms with Gasteiger partial charge in [-0.05, 0) is 95.9 Å². The van der Waals surface area contributed by atoms with Gasteiger partial charge in [-0.3, -0.25) is 0 Å². The first kappa shape index (κ1) is 30.7. The van der Waals surface area contributed by atoms with Gasteiger partial charge in [0.15, 0.2) is 5.69 Å². The zero-order valence-corrected chi connectivity index (χ0v) is 29.5. The van der Waals surface area contributed by atoms with E-state index >= 15 is 0 Å². The minimum atomic E-state index is 0.606. The average molecular weight is 700 g/mol. The highest BCUT2D eigenvalue weighted by Crippen LogP contribution is 2.39. The lowest BCUT2D eigenvalue weighted by atomic mass is 9.99. The molecule has 3 aromatic heterocycles. The third-order valence-electron chi connectivity index (χ3n) is 11.1. The average Bonchev–Trinajstić information content (AvgIpc) is 3.89. The van der Waals surface area contributed by atoms with Gasteiger partial charge >= 0.3 is 0 Å². The summed E-state index contributed by atoms with van der Waals surface area (Å²) in [5, 5.41) is 17.3. The number of aromatic nitrogens is 3. The molecule has 11 rings (SSSR count). The van der Waals surface area contributed by atoms with Crippen molar-refractivity contribution < 1.29 is 0 Å². The highest BCUT2D eigenvalue weighted by Gasteiger charge is 2.18. The number of hydrogen-bond acceptors (Lipinski definition) is 1. The molecule has 3 heterocycles. The second kappa shape index (κ2) is 11.8. The number of rotatable bonds is 4. The quantitative estimate of drug-likeness (QED) is 0.169. The van der Waals surface area contributed by atoms with Crippen LogP contribution in [0, 0.1) is 17.9 Å². The number of nitriles is 1. The fourth-order valence-corrected chi connectivity index (χ4v) is 8.71. The van der Waals surface area contributed by atoms with Crippen molar-refractivity contribution in [2.24, 2.45) is 0 Å². The molecule has 0 spiro atoms. The Morgan fingerprint density at radius 1 is 0.400 bits per heavy atom. The Hall–Kier alpha value is -7.86. The molecule has 5 heteroatoms. The number of para-hydroxylation sites is 4. The molecule has 0 aliphatic heterocycles. The van der Waals surface area contributed by atoms with Gasteiger partial charge in [0.1, 0.15) is 0 Å². The molecule has 11 aromatic rings. The Labute approximate surface area is 316 Å². The molecule has 0 aliphatic rings. The molecule has 254 valence electrons. The summed E-state index contributed by atoms with van der Waals surface area (Å²) >= 11 is 0. The maximum atomic E-state index is 10.4. The molecule has 55 heavy (non-hydrogen) atoms. The molecule has 0 aliphatic carbocycles. The second-order valence-corrected chi connectivity index (χ2v) is 14.0. The lowest BCUT2D eigenvalue weighted by Gasteiger charge is -2.14. The lowest BCUT2D eigenvalue weighted by molar-refractivity contribution is 1.16. The van der Waals surface area contributed by atoms with Crippen LogP contribution >= 0.6 is 0 Å². The van der Waals surface area contributed by atoms with Crippen molar-refractivity contribution >= 4 is 71.1 Å². The van der Waals surface area contributed by atoms with Gasteiger partial charge in [-0.1, -0.05) is 91.0 Å². The van der Waals surface area contributed by atoms with Gasteiger partial charge in [0, 0.05) is 49.6 Å². The Bertz CT molecular complexity index is 3420. The van der Waals surface area contributed by atoms with E-state index in [0.29, 0.717) is 11.3 Å². The monoisotopic (exact) mass is 699 g/mol. The maximum absolute atomic E-state index is 10.4. The predicted octanol–water partition coefficient (Wildman–Crippen LogP) is 13.1. The van der Waals surface area contributed by atoms with E-state index in [9.17, 15) is 5.26 Å². The van der Waals surface area contributed by atoms with Crippen LogP contribution < -0.4 is 0 Å². The topological polar surface area (TPSA) is 42.9 Å². The zero-order chi connectivity index (χ0) is 36.6. The summed E-state index contributed by atoms with van der Waals surface area (Å²) in [6.07, 6.45) is 0. The van der Waals surface area contributed by atoms with Crippen LogP contribution in [0.25, 0.3) is 98.5 Å². The number of benzene rings is 8. The van der Waals surface area contributed by atoms with E-state index in [-0.39, 0.29) is 0 Å². The molecule has 8 aromatic carbocycles. The Morgan fingerprint density at radius 2 is 0.855 bits per heavy atom. The van der Waals surface area contributed by atoms with Crippen molar-refractivity contribution in [2.45, 2.75) is 0 Å². The van der Waals surface area contributed by atoms with Gasteiger partial charge in [-0.25, -0.2) is 4.85 Å². The molecule has 0 saturated heterocycles. The number of fused-ring (bicyclic) bond motifs is 9. The van der Waals surface area contributed by atoms with E-state index < -0.39 is 0 Å². The van der Waals surface area contributed by atoms with Gasteiger partial charge in [-0.2, -0.15) is 5.26 Å². The largest absolute Gasteiger partial charge is 0.309 e. The van der Waals surface area contributed by atoms with Crippen LogP contribution in [-0.4, -0.2) is 13.7 Å². The molecule has 0 saturated carbocycles. The summed E-state index contributed by atoms with van der Waals surface area (Å²) < 4.78 is 6.93. The van der Waals surface area contributed by atoms with Gasteiger partial charge in [0.2, 0.25) is 0 Å². The standard InChI is InChI=1S/C50H29N5/c1-52-34-22-25-49-43(28-34)40-15-4-8-19-47(40)55(49)36-23-21-33(31-51)42(29-36)32-11-10-12-35(27-32)53-48-20-9-5-16-41(48)44-30-37(24-26-50(44)53)54-45-17-6-2-13-38(45)39-14-3-7-18-46(39)54/h2-30H. The van der Waals surface area contributed by atoms with Crippen molar-refractivity contribution in [3.8, 4) is 34.3 Å². The molecule has 5 nitrogen and oxygen atoms in total. The molecule has 0 atom stereocenters. The maximum Gasteiger partial charge on any atom is 0.188 e. The number of nitrogens with zero attached hydrogens (tertiary/aromatic N) is 5. The first-order chi connectivity index (χ1) is 27.2. The number of hydrogen-bond donors (Lipinski definition) is 0. The van der Waals surface area contributed by atoms with Crippen LogP contribution in [0.4, 0.5) is 5.69 Å². The smallest absolute Gasteiger partial charge is 0.188 e. The summed E-state index contributed by atoms with van der Waals surface area (Å²) in [5.41, 5.74) is 12.8. The van der Waals surface area contributed by atoms with E-state index in [0.717, 1.165) is 61.0 Å². The fraction of sp³-hybridized carbons (Fsp3) is 0. The third-order valence-corrected chi connectivity index (χ3v) is 11.1. The minimum Gasteiger partial charge on any atom is -0.309 e. The van der Waals surface area contributed by atoms with Crippen molar-refractivity contribution in [1.82, 2.24) is 13.7 Å². The zero-order valence-electron chi connectivity index (χ0n) is 29.5. The Kier molecular flexibility index (Phi) is 6.61. The molecular weight excluding hydrogens is 671 g/mol. The summed E-state index contributed by atoms with van der Waals surface area (Å²) in [6, 6.07) is 63.8. The van der Waals surface area contributed by atoms with Crippen LogP contribution in [-0.2, 0) is 0 Å². The fourth-order valence-electron chi connectivity index (χ4n) is 8.71. The highest BCUT2D eigenvalue weighted by atomic mass is 15.0. The van der Waals surface area contributed by atoms with Crippen LogP contribution in [0.1, 0.15) is 5.56 Å². The summed E-state index contributed by atoms with van der Waals surface area (Å²) in [5.74, 6) is 0. The van der Waals surface area contributed by atoms with Crippen LogP contribution in [0.5, 0.6) is 0 Å². The minimum absolute atomic E-state index is 0.606. The van der Waals surface area contributed by atoms with Crippen molar-refractivity contribution in [2.75, 3.05) is 0 Å². The predicted molar refractivity (Wildman–Crippen MR) is 226 cm³/mol. The molecule has 0 N–H and O–H groups in total. The first-order valence-corrected chi connectivity index (χ1v) is 18.3. The molecule has 0 radical (unpaired) electrons. The van der Waals surface area contributed by atoms with E-state index in [1.807, 2.05) is 42.5 Å². The molecular formula is C50H29N5. The first-order valence-electron chi connectivity index (χ1n) is 18.3. The summed E-state index contributed by atoms with van der Waals surface area (Å²) in [4.78, 5) is 3.69. The Balaban J connectivity index is 1.09. The summed E-state index contributed by atoms with van der Waals surface area (Å²) in [6.45, 7) is 7.60. The highest BCUT2D eigenvalue weighted by molar-refractivity contribution is 6.13. The van der Waals surface area contributed by atoms with Crippen LogP contribution in [0.15, 0.2) is 176 Å². The van der Waals surface area contributed by atoms with E-state index in [1.54, 1.807) is 0 Å². The summed E-state index contributed by atoms with van der Waals surface area (Å²) in [7, 11) is 0. The van der Waals surface area contributed by atoms with Crippen molar-refractivity contribution in [1.29, 1.82) is 5.26 Å². The van der Waals surface area contributed by atoms with Gasteiger partial charge < -0.3 is 13.7 Å². The van der Waals surface area contributed by atoms with Gasteiger partial charge in [0.25, 0.3) is 0 Å². The van der Waals surface area contributed by atoms with Gasteiger partial charge in [0.05, 0.1) is 51.3 Å².